The van der Waals surface area contributed by atoms with Crippen molar-refractivity contribution in [2.45, 2.75) is 131 Å². The highest BCUT2D eigenvalue weighted by Gasteiger charge is 2.38. The molecule has 0 spiro atoms. The Labute approximate surface area is 359 Å². The molecule has 1 aliphatic rings. The fraction of sp³-hybridized carbons (Fsp3) is 0.500. The van der Waals surface area contributed by atoms with Crippen LogP contribution in [0.15, 0.2) is 48.5 Å². The molecule has 5 rings (SSSR count). The van der Waals surface area contributed by atoms with Gasteiger partial charge in [-0.1, -0.05) is 83.1 Å². The smallest absolute Gasteiger partial charge is 0.200 e. The van der Waals surface area contributed by atoms with Crippen molar-refractivity contribution in [2.75, 3.05) is 41.7 Å². The first-order valence-corrected chi connectivity index (χ1v) is 21.1. The van der Waals surface area contributed by atoms with Crippen molar-refractivity contribution in [3.8, 4) is 23.0 Å². The van der Waals surface area contributed by atoms with E-state index in [0.29, 0.717) is 52.7 Å². The van der Waals surface area contributed by atoms with Gasteiger partial charge in [0, 0.05) is 35.5 Å². The van der Waals surface area contributed by atoms with Gasteiger partial charge in [0.05, 0.1) is 50.7 Å². The predicted molar refractivity (Wildman–Crippen MR) is 241 cm³/mol. The molecule has 4 aromatic rings. The van der Waals surface area contributed by atoms with Crippen LogP contribution in [0.4, 0.5) is 0 Å². The van der Waals surface area contributed by atoms with E-state index in [9.17, 15) is 0 Å². The van der Waals surface area contributed by atoms with E-state index in [0.717, 1.165) is 33.4 Å². The summed E-state index contributed by atoms with van der Waals surface area (Å²) in [5, 5.41) is 0. The largest absolute Gasteiger partial charge is 0.496 e. The standard InChI is InChI=1S/C52H68O8/c1-19-59-47-37-25-30(50(6,7)8)23-35(44(37)56-16)41(53)33-21-29(49(3,4)5)22-34(43(33)55-15)42(54)36-24-31(51(9,10)11)26-38(45(36)57-17)48(60-20-2)40-28-32(52(12,13)14)27-39(47)46(40)58-18/h21-28,47-48H,19-20H2,1-18H3/t47-,48+. The lowest BCUT2D eigenvalue weighted by Gasteiger charge is -2.32. The number of methoxy groups -OCH3 is 4. The Bertz CT molecular complexity index is 2130. The van der Waals surface area contributed by atoms with Crippen molar-refractivity contribution in [1.29, 1.82) is 0 Å². The summed E-state index contributed by atoms with van der Waals surface area (Å²) in [6.07, 6.45) is -1.49. The van der Waals surface area contributed by atoms with E-state index in [-0.39, 0.29) is 33.9 Å². The normalized spacial score (nSPS) is 16.2. The first kappa shape index (κ1) is 46.4. The molecule has 1 aliphatic carbocycles. The summed E-state index contributed by atoms with van der Waals surface area (Å²) in [4.78, 5) is 31.1. The zero-order valence-electron chi connectivity index (χ0n) is 39.5. The number of rotatable bonds is 8. The summed E-state index contributed by atoms with van der Waals surface area (Å²) >= 11 is 0. The summed E-state index contributed by atoms with van der Waals surface area (Å²) in [7, 11) is 6.32. The summed E-state index contributed by atoms with van der Waals surface area (Å²) in [6.45, 7) is 30.0. The maximum Gasteiger partial charge on any atom is 0.200 e. The first-order chi connectivity index (χ1) is 27.9. The number of ether oxygens (including phenoxy) is 6. The van der Waals surface area contributed by atoms with Gasteiger partial charge in [0.2, 0.25) is 11.6 Å². The molecule has 0 amide bonds. The van der Waals surface area contributed by atoms with Gasteiger partial charge in [-0.15, -0.1) is 0 Å². The van der Waals surface area contributed by atoms with Crippen LogP contribution in [0.3, 0.4) is 0 Å². The minimum absolute atomic E-state index is 0.170. The van der Waals surface area contributed by atoms with Gasteiger partial charge in [0.15, 0.2) is 0 Å². The van der Waals surface area contributed by atoms with Crippen LogP contribution in [0.25, 0.3) is 0 Å². The molecule has 0 fully saturated rings. The Morgan fingerprint density at radius 1 is 0.383 bits per heavy atom. The van der Waals surface area contributed by atoms with Gasteiger partial charge in [-0.05, 0) is 106 Å². The highest BCUT2D eigenvalue weighted by Crippen LogP contribution is 2.50. The Morgan fingerprint density at radius 2 is 0.617 bits per heavy atom. The van der Waals surface area contributed by atoms with Crippen molar-refractivity contribution < 1.29 is 38.0 Å². The van der Waals surface area contributed by atoms with Crippen LogP contribution < -0.4 is 18.9 Å². The fourth-order valence-electron chi connectivity index (χ4n) is 8.02. The van der Waals surface area contributed by atoms with Crippen LogP contribution in [0.5, 0.6) is 23.0 Å². The number of ketones is 2. The van der Waals surface area contributed by atoms with E-state index in [4.69, 9.17) is 28.4 Å². The molecule has 0 aliphatic heterocycles. The number of carbonyl (C=O) groups excluding carboxylic acids is 2. The fourth-order valence-corrected chi connectivity index (χ4v) is 8.02. The Hall–Kier alpha value is -4.66. The van der Waals surface area contributed by atoms with E-state index < -0.39 is 28.5 Å². The molecular weight excluding hydrogens is 753 g/mol. The summed E-state index contributed by atoms with van der Waals surface area (Å²) in [5.74, 6) is 0.763. The molecular formula is C52H68O8. The average Bonchev–Trinajstić information content (AvgIpc) is 3.17. The third kappa shape index (κ3) is 8.73. The highest BCUT2D eigenvalue weighted by atomic mass is 16.5. The molecule has 0 saturated heterocycles. The van der Waals surface area contributed by atoms with Crippen LogP contribution in [0.2, 0.25) is 0 Å². The molecule has 0 aromatic heterocycles. The molecule has 60 heavy (non-hydrogen) atoms. The van der Waals surface area contributed by atoms with Gasteiger partial charge in [0.1, 0.15) is 35.2 Å². The van der Waals surface area contributed by atoms with Crippen LogP contribution >= 0.6 is 0 Å². The molecule has 324 valence electrons. The maximum atomic E-state index is 15.6. The second-order valence-electron chi connectivity index (χ2n) is 19.9. The summed E-state index contributed by atoms with van der Waals surface area (Å²) in [6, 6.07) is 16.0. The lowest BCUT2D eigenvalue weighted by Crippen LogP contribution is -2.22. The third-order valence-electron chi connectivity index (χ3n) is 11.5. The van der Waals surface area contributed by atoms with Gasteiger partial charge in [-0.3, -0.25) is 9.59 Å². The highest BCUT2D eigenvalue weighted by molar-refractivity contribution is 6.18. The third-order valence-corrected chi connectivity index (χ3v) is 11.5. The van der Waals surface area contributed by atoms with Gasteiger partial charge in [0.25, 0.3) is 0 Å². The Morgan fingerprint density at radius 3 is 0.867 bits per heavy atom. The zero-order chi connectivity index (χ0) is 44.9. The maximum absolute atomic E-state index is 15.6. The van der Waals surface area contributed by atoms with Gasteiger partial charge in [-0.25, -0.2) is 0 Å². The Balaban J connectivity index is 2.18. The summed E-state index contributed by atoms with van der Waals surface area (Å²) < 4.78 is 38.9. The molecule has 0 N–H and O–H groups in total. The van der Waals surface area contributed by atoms with Gasteiger partial charge >= 0.3 is 0 Å². The second-order valence-corrected chi connectivity index (χ2v) is 19.9. The van der Waals surface area contributed by atoms with E-state index in [1.807, 2.05) is 38.1 Å². The van der Waals surface area contributed by atoms with Crippen LogP contribution in [-0.4, -0.2) is 53.2 Å². The van der Waals surface area contributed by atoms with Crippen LogP contribution in [-0.2, 0) is 31.1 Å². The molecule has 0 saturated carbocycles. The SMILES string of the molecule is CCO[C@@H]1c2cc(C(C)(C)C)cc(c2OC)C(=O)c2cc(C(C)(C)C)cc(c2OC)C(=O)c2cc(C(C)(C)C)cc(c2OC)[C@H](OCC)c2cc(C(C)(C)C)cc1c2OC. The molecule has 0 heterocycles. The monoisotopic (exact) mass is 820 g/mol. The minimum atomic E-state index is -0.747. The van der Waals surface area contributed by atoms with Crippen molar-refractivity contribution in [2.24, 2.45) is 0 Å². The molecule has 0 radical (unpaired) electrons. The van der Waals surface area contributed by atoms with E-state index >= 15 is 9.59 Å². The van der Waals surface area contributed by atoms with E-state index in [2.05, 4.69) is 107 Å². The summed E-state index contributed by atoms with van der Waals surface area (Å²) in [5.41, 5.74) is 6.04. The molecule has 8 nitrogen and oxygen atoms in total. The average molecular weight is 821 g/mol. The molecule has 8 bridgehead atoms. The number of carbonyl (C=O) groups is 2. The zero-order valence-corrected chi connectivity index (χ0v) is 39.5. The lowest BCUT2D eigenvalue weighted by molar-refractivity contribution is 0.0807. The molecule has 4 aromatic carbocycles. The van der Waals surface area contributed by atoms with Gasteiger partial charge < -0.3 is 28.4 Å². The van der Waals surface area contributed by atoms with Crippen LogP contribution in [0.1, 0.15) is 185 Å². The number of hydrogen-bond acceptors (Lipinski definition) is 8. The number of benzene rings is 4. The second kappa shape index (κ2) is 17.0. The topological polar surface area (TPSA) is 89.5 Å². The quantitative estimate of drug-likeness (QED) is 0.174. The van der Waals surface area contributed by atoms with Crippen molar-refractivity contribution in [3.63, 3.8) is 0 Å². The molecule has 0 unspecified atom stereocenters. The molecule has 2 atom stereocenters. The van der Waals surface area contributed by atoms with Crippen molar-refractivity contribution in [1.82, 2.24) is 0 Å². The number of fused-ring (bicyclic) bond motifs is 8. The Kier molecular flexibility index (Phi) is 13.2. The molecule has 8 heteroatoms. The van der Waals surface area contributed by atoms with E-state index in [1.165, 1.54) is 7.11 Å². The lowest BCUT2D eigenvalue weighted by atomic mass is 9.78. The van der Waals surface area contributed by atoms with Crippen LogP contribution in [0, 0.1) is 0 Å². The minimum Gasteiger partial charge on any atom is -0.496 e. The number of hydrogen-bond donors (Lipinski definition) is 0. The van der Waals surface area contributed by atoms with E-state index in [1.54, 1.807) is 21.3 Å². The van der Waals surface area contributed by atoms with Crippen molar-refractivity contribution in [3.05, 3.63) is 115 Å². The van der Waals surface area contributed by atoms with Gasteiger partial charge in [-0.2, -0.15) is 0 Å². The predicted octanol–water partition coefficient (Wildman–Crippen LogP) is 11.9. The first-order valence-electron chi connectivity index (χ1n) is 21.1. The van der Waals surface area contributed by atoms with Crippen molar-refractivity contribution >= 4 is 11.6 Å².